The van der Waals surface area contributed by atoms with Crippen LogP contribution in [0.5, 0.6) is 17.5 Å². The van der Waals surface area contributed by atoms with E-state index in [0.717, 1.165) is 0 Å². The smallest absolute Gasteiger partial charge is 0.205 e. The van der Waals surface area contributed by atoms with Gasteiger partial charge in [0, 0.05) is 12.8 Å². The Hall–Kier alpha value is -4.06. The predicted molar refractivity (Wildman–Crippen MR) is 130 cm³/mol. The van der Waals surface area contributed by atoms with Crippen LogP contribution in [-0.4, -0.2) is 32.6 Å². The first kappa shape index (κ1) is 22.4. The molecular formula is C28H23FN2O5. The molecule has 0 aliphatic carbocycles. The van der Waals surface area contributed by atoms with E-state index in [-0.39, 0.29) is 30.6 Å². The predicted octanol–water partition coefficient (Wildman–Crippen LogP) is 5.41. The highest BCUT2D eigenvalue weighted by atomic mass is 19.1. The lowest BCUT2D eigenvalue weighted by atomic mass is 9.76. The van der Waals surface area contributed by atoms with E-state index in [1.807, 2.05) is 24.3 Å². The molecule has 0 saturated carbocycles. The first-order chi connectivity index (χ1) is 17.3. The zero-order chi connectivity index (χ0) is 25.2. The van der Waals surface area contributed by atoms with Gasteiger partial charge in [-0.15, -0.1) is 0 Å². The van der Waals surface area contributed by atoms with Gasteiger partial charge < -0.3 is 24.8 Å². The molecule has 2 unspecified atom stereocenters. The van der Waals surface area contributed by atoms with Crippen LogP contribution < -0.4 is 4.74 Å². The lowest BCUT2D eigenvalue weighted by molar-refractivity contribution is -0.107. The molecule has 3 N–H and O–H groups in total. The first-order valence-corrected chi connectivity index (χ1v) is 11.6. The van der Waals surface area contributed by atoms with Gasteiger partial charge >= 0.3 is 0 Å². The maximum absolute atomic E-state index is 13.2. The fourth-order valence-corrected chi connectivity index (χ4v) is 5.77. The van der Waals surface area contributed by atoms with E-state index in [1.54, 1.807) is 19.1 Å². The number of ether oxygens (including phenoxy) is 2. The maximum atomic E-state index is 13.2. The summed E-state index contributed by atoms with van der Waals surface area (Å²) in [5, 5.41) is 35.2. The average molecular weight is 486 g/mol. The molecule has 0 radical (unpaired) electrons. The second-order valence-corrected chi connectivity index (χ2v) is 9.47. The second-order valence-electron chi connectivity index (χ2n) is 9.47. The molecule has 2 aliphatic rings. The summed E-state index contributed by atoms with van der Waals surface area (Å²) in [6, 6.07) is 16.3. The summed E-state index contributed by atoms with van der Waals surface area (Å²) in [5.74, 6) is -0.271. The fraction of sp³-hybridized carbons (Fsp3) is 0.250. The van der Waals surface area contributed by atoms with Gasteiger partial charge in [-0.2, -0.15) is 0 Å². The van der Waals surface area contributed by atoms with Crippen LogP contribution in [0.4, 0.5) is 10.1 Å². The molecule has 3 atom stereocenters. The van der Waals surface area contributed by atoms with Crippen molar-refractivity contribution in [3.63, 3.8) is 0 Å². The number of halogens is 1. The molecule has 182 valence electrons. The molecule has 1 saturated heterocycles. The molecule has 1 fully saturated rings. The van der Waals surface area contributed by atoms with Crippen molar-refractivity contribution in [2.45, 2.75) is 37.1 Å². The van der Waals surface area contributed by atoms with E-state index in [0.29, 0.717) is 45.4 Å². The van der Waals surface area contributed by atoms with Crippen molar-refractivity contribution in [3.8, 4) is 23.2 Å². The minimum atomic E-state index is -1.22. The molecule has 8 heteroatoms. The summed E-state index contributed by atoms with van der Waals surface area (Å²) in [6.07, 6.45) is -0.394. The van der Waals surface area contributed by atoms with Crippen LogP contribution in [0, 0.1) is 12.4 Å². The topological polar surface area (TPSA) is 88.4 Å². The Balaban J connectivity index is 1.45. The third-order valence-corrected chi connectivity index (χ3v) is 7.47. The monoisotopic (exact) mass is 486 g/mol. The number of aromatic hydroxyl groups is 2. The molecule has 3 aromatic carbocycles. The highest BCUT2D eigenvalue weighted by Gasteiger charge is 2.66. The van der Waals surface area contributed by atoms with E-state index in [2.05, 4.69) is 4.85 Å². The molecule has 4 aromatic rings. The number of fused-ring (bicyclic) bond motifs is 6. The summed E-state index contributed by atoms with van der Waals surface area (Å²) in [7, 11) is 0. The van der Waals surface area contributed by atoms with Crippen molar-refractivity contribution < 1.29 is 29.2 Å². The zero-order valence-electron chi connectivity index (χ0n) is 19.4. The molecular weight excluding hydrogens is 463 g/mol. The molecule has 3 heterocycles. The molecule has 2 aliphatic heterocycles. The van der Waals surface area contributed by atoms with Gasteiger partial charge in [0.25, 0.3) is 0 Å². The Kier molecular flexibility index (Phi) is 4.80. The highest BCUT2D eigenvalue weighted by Crippen LogP contribution is 2.65. The summed E-state index contributed by atoms with van der Waals surface area (Å²) in [4.78, 5) is 3.59. The summed E-state index contributed by atoms with van der Waals surface area (Å²) >= 11 is 0. The number of hydrogen-bond acceptors (Lipinski definition) is 5. The van der Waals surface area contributed by atoms with Gasteiger partial charge in [0.05, 0.1) is 36.1 Å². The number of aliphatic hydroxyl groups is 1. The van der Waals surface area contributed by atoms with E-state index in [1.165, 1.54) is 28.8 Å². The first-order valence-electron chi connectivity index (χ1n) is 11.6. The number of aromatic nitrogens is 1. The largest absolute Gasteiger partial charge is 0.494 e. The highest BCUT2D eigenvalue weighted by molar-refractivity contribution is 6.00. The van der Waals surface area contributed by atoms with Crippen LogP contribution in [-0.2, 0) is 15.9 Å². The van der Waals surface area contributed by atoms with Crippen molar-refractivity contribution in [3.05, 3.63) is 89.0 Å². The quantitative estimate of drug-likeness (QED) is 0.329. The lowest BCUT2D eigenvalue weighted by Gasteiger charge is -2.26. The molecule has 0 amide bonds. The van der Waals surface area contributed by atoms with E-state index in [4.69, 9.17) is 16.0 Å². The minimum Gasteiger partial charge on any atom is -0.494 e. The number of nitrogens with zero attached hydrogens (tertiary/aromatic N) is 2. The van der Waals surface area contributed by atoms with Gasteiger partial charge in [-0.1, -0.05) is 30.3 Å². The van der Waals surface area contributed by atoms with Crippen LogP contribution in [0.25, 0.3) is 21.3 Å². The maximum Gasteiger partial charge on any atom is 0.205 e. The Morgan fingerprint density at radius 1 is 1.06 bits per heavy atom. The van der Waals surface area contributed by atoms with Crippen molar-refractivity contribution in [1.29, 1.82) is 0 Å². The SMILES string of the molecule is [C-]#[N+]c1ccc(-n2c(O)c3c(c2O)C2(C)OC3(CCOc3ccc(F)cc3)C[C@H]2O)c2ccccc12. The lowest BCUT2D eigenvalue weighted by Crippen LogP contribution is -2.33. The molecule has 6 rings (SSSR count). The Bertz CT molecular complexity index is 1560. The Morgan fingerprint density at radius 3 is 2.47 bits per heavy atom. The molecule has 0 spiro atoms. The molecule has 7 nitrogen and oxygen atoms in total. The Labute approximate surface area is 206 Å². The average Bonchev–Trinajstić information content (AvgIpc) is 3.41. The minimum absolute atomic E-state index is 0.180. The van der Waals surface area contributed by atoms with Crippen LogP contribution in [0.1, 0.15) is 30.9 Å². The van der Waals surface area contributed by atoms with Crippen molar-refractivity contribution in [2.24, 2.45) is 0 Å². The van der Waals surface area contributed by atoms with E-state index in [9.17, 15) is 19.7 Å². The summed E-state index contributed by atoms with van der Waals surface area (Å²) in [5.41, 5.74) is -0.550. The number of hydrogen-bond donors (Lipinski definition) is 3. The zero-order valence-corrected chi connectivity index (χ0v) is 19.4. The van der Waals surface area contributed by atoms with Crippen molar-refractivity contribution in [2.75, 3.05) is 6.61 Å². The fourth-order valence-electron chi connectivity index (χ4n) is 5.77. The summed E-state index contributed by atoms with van der Waals surface area (Å²) in [6.45, 7) is 9.37. The third-order valence-electron chi connectivity index (χ3n) is 7.47. The van der Waals surface area contributed by atoms with Gasteiger partial charge in [-0.3, -0.25) is 4.57 Å². The van der Waals surface area contributed by atoms with Crippen LogP contribution in [0.15, 0.2) is 60.7 Å². The van der Waals surface area contributed by atoms with Crippen LogP contribution in [0.2, 0.25) is 0 Å². The standard InChI is InChI=1S/C28H23FN2O5/c1-27-22(32)15-28(36-27,13-14-35-17-9-7-16(29)8-10-17)24-23(27)25(33)31(26(24)34)21-12-11-20(30-2)18-5-3-4-6-19(18)21/h3-12,22,32-34H,13-15H2,1H3/t22-,27?,28?/m1/s1. The van der Waals surface area contributed by atoms with Gasteiger partial charge in [-0.25, -0.2) is 9.24 Å². The van der Waals surface area contributed by atoms with E-state index < -0.39 is 17.3 Å². The second kappa shape index (κ2) is 7.72. The van der Waals surface area contributed by atoms with Gasteiger partial charge in [0.1, 0.15) is 22.8 Å². The molecule has 36 heavy (non-hydrogen) atoms. The van der Waals surface area contributed by atoms with Crippen molar-refractivity contribution in [1.82, 2.24) is 4.57 Å². The molecule has 1 aromatic heterocycles. The van der Waals surface area contributed by atoms with Gasteiger partial charge in [0.2, 0.25) is 11.8 Å². The third kappa shape index (κ3) is 2.97. The van der Waals surface area contributed by atoms with Gasteiger partial charge in [0.15, 0.2) is 5.69 Å². The van der Waals surface area contributed by atoms with Crippen LogP contribution in [0.3, 0.4) is 0 Å². The normalized spacial score (nSPS) is 24.1. The van der Waals surface area contributed by atoms with Crippen LogP contribution >= 0.6 is 0 Å². The van der Waals surface area contributed by atoms with E-state index >= 15 is 0 Å². The van der Waals surface area contributed by atoms with Gasteiger partial charge in [-0.05, 0) is 48.0 Å². The number of rotatable bonds is 5. The number of benzene rings is 3. The molecule has 2 bridgehead atoms. The summed E-state index contributed by atoms with van der Waals surface area (Å²) < 4.78 is 26.7. The number of aliphatic hydroxyl groups excluding tert-OH is 1. The van der Waals surface area contributed by atoms with Crippen molar-refractivity contribution >= 4 is 16.5 Å². The Morgan fingerprint density at radius 2 is 1.75 bits per heavy atom.